The van der Waals surface area contributed by atoms with E-state index in [-0.39, 0.29) is 0 Å². The molecule has 19 heavy (non-hydrogen) atoms. The van der Waals surface area contributed by atoms with Crippen molar-refractivity contribution in [3.05, 3.63) is 40.5 Å². The van der Waals surface area contributed by atoms with Gasteiger partial charge >= 0.3 is 0 Å². The smallest absolute Gasteiger partial charge is 0.154 e. The molecule has 0 fully saturated rings. The number of fused-ring (bicyclic) bond motifs is 1. The average Bonchev–Trinajstić information content (AvgIpc) is 3.04. The Hall–Kier alpha value is -1.88. The van der Waals surface area contributed by atoms with Crippen LogP contribution in [0.15, 0.2) is 30.7 Å². The van der Waals surface area contributed by atoms with Crippen molar-refractivity contribution >= 4 is 28.2 Å². The first kappa shape index (κ1) is 12.2. The van der Waals surface area contributed by atoms with Gasteiger partial charge in [-0.3, -0.25) is 0 Å². The summed E-state index contributed by atoms with van der Waals surface area (Å²) in [7, 11) is 1.99. The van der Waals surface area contributed by atoms with Crippen molar-refractivity contribution in [3.63, 3.8) is 0 Å². The summed E-state index contributed by atoms with van der Waals surface area (Å²) in [6, 6.07) is 6.35. The van der Waals surface area contributed by atoms with E-state index in [2.05, 4.69) is 34.3 Å². The summed E-state index contributed by atoms with van der Waals surface area (Å²) < 4.78 is 2.00. The van der Waals surface area contributed by atoms with E-state index in [0.717, 1.165) is 29.8 Å². The second kappa shape index (κ2) is 5.01. The zero-order valence-electron chi connectivity index (χ0n) is 11.1. The van der Waals surface area contributed by atoms with Crippen LogP contribution in [-0.2, 0) is 20.0 Å². The molecule has 0 aliphatic carbocycles. The molecule has 4 nitrogen and oxygen atoms in total. The molecule has 0 spiro atoms. The minimum absolute atomic E-state index is 0.799. The van der Waals surface area contributed by atoms with Crippen LogP contribution in [0.1, 0.15) is 16.7 Å². The molecular weight excluding hydrogens is 256 g/mol. The van der Waals surface area contributed by atoms with Gasteiger partial charge in [-0.2, -0.15) is 0 Å². The van der Waals surface area contributed by atoms with Gasteiger partial charge in [0, 0.05) is 23.0 Å². The average molecular weight is 272 g/mol. The van der Waals surface area contributed by atoms with Crippen LogP contribution in [0.4, 0.5) is 5.82 Å². The molecule has 0 amide bonds. The van der Waals surface area contributed by atoms with E-state index in [1.807, 2.05) is 41.5 Å². The van der Waals surface area contributed by atoms with E-state index in [9.17, 15) is 0 Å². The largest absolute Gasteiger partial charge is 0.363 e. The van der Waals surface area contributed by atoms with Crippen molar-refractivity contribution in [3.8, 4) is 0 Å². The molecule has 0 unspecified atom stereocenters. The Labute approximate surface area is 116 Å². The van der Waals surface area contributed by atoms with Gasteiger partial charge in [0.2, 0.25) is 0 Å². The number of pyridine rings is 1. The maximum atomic E-state index is 4.39. The van der Waals surface area contributed by atoms with Gasteiger partial charge in [-0.05, 0) is 24.6 Å². The lowest BCUT2D eigenvalue weighted by Gasteiger charge is -2.04. The van der Waals surface area contributed by atoms with Gasteiger partial charge in [0.25, 0.3) is 0 Å². The first-order valence-corrected chi connectivity index (χ1v) is 7.17. The lowest BCUT2D eigenvalue weighted by atomic mass is 10.3. The highest BCUT2D eigenvalue weighted by atomic mass is 32.1. The van der Waals surface area contributed by atoms with Gasteiger partial charge in [-0.15, -0.1) is 11.3 Å². The van der Waals surface area contributed by atoms with Gasteiger partial charge in [0.1, 0.15) is 5.52 Å². The molecule has 3 rings (SSSR count). The van der Waals surface area contributed by atoms with E-state index in [0.29, 0.717) is 0 Å². The predicted molar refractivity (Wildman–Crippen MR) is 79.5 cm³/mol. The number of nitrogens with one attached hydrogen (secondary N) is 1. The third-order valence-corrected chi connectivity index (χ3v) is 4.37. The van der Waals surface area contributed by atoms with Gasteiger partial charge in [-0.1, -0.05) is 6.92 Å². The van der Waals surface area contributed by atoms with Crippen molar-refractivity contribution in [1.29, 1.82) is 0 Å². The molecule has 0 aromatic carbocycles. The monoisotopic (exact) mass is 272 g/mol. The van der Waals surface area contributed by atoms with E-state index in [1.54, 1.807) is 0 Å². The molecule has 0 atom stereocenters. The van der Waals surface area contributed by atoms with Crippen molar-refractivity contribution < 1.29 is 0 Å². The maximum absolute atomic E-state index is 4.39. The second-order valence-electron chi connectivity index (χ2n) is 4.46. The minimum atomic E-state index is 0.799. The number of hydrogen-bond acceptors (Lipinski definition) is 4. The van der Waals surface area contributed by atoms with Crippen LogP contribution in [0.2, 0.25) is 0 Å². The zero-order valence-corrected chi connectivity index (χ0v) is 11.9. The fourth-order valence-corrected chi connectivity index (χ4v) is 2.97. The first-order valence-electron chi connectivity index (χ1n) is 6.35. The SMILES string of the molecule is CCc1ccc(CNc2nccc3c2ncn3C)s1. The number of nitrogens with zero attached hydrogens (tertiary/aromatic N) is 3. The van der Waals surface area contributed by atoms with Crippen LogP contribution >= 0.6 is 11.3 Å². The zero-order chi connectivity index (χ0) is 13.2. The van der Waals surface area contributed by atoms with Crippen LogP contribution in [0.5, 0.6) is 0 Å². The fraction of sp³-hybridized carbons (Fsp3) is 0.286. The Morgan fingerprint density at radius 1 is 1.21 bits per heavy atom. The summed E-state index contributed by atoms with van der Waals surface area (Å²) in [5, 5.41) is 3.38. The molecule has 1 N–H and O–H groups in total. The lowest BCUT2D eigenvalue weighted by molar-refractivity contribution is 0.947. The number of thiophene rings is 1. The van der Waals surface area contributed by atoms with E-state index in [1.165, 1.54) is 9.75 Å². The standard InChI is InChI=1S/C14H16N4S/c1-3-10-4-5-11(19-10)8-16-14-13-12(6-7-15-14)18(2)9-17-13/h4-7,9H,3,8H2,1-2H3,(H,15,16). The summed E-state index contributed by atoms with van der Waals surface area (Å²) in [6.07, 6.45) is 4.73. The van der Waals surface area contributed by atoms with Crippen LogP contribution in [-0.4, -0.2) is 14.5 Å². The van der Waals surface area contributed by atoms with Crippen LogP contribution < -0.4 is 5.32 Å². The molecular formula is C14H16N4S. The van der Waals surface area contributed by atoms with Crippen molar-refractivity contribution in [2.75, 3.05) is 5.32 Å². The topological polar surface area (TPSA) is 42.7 Å². The second-order valence-corrected chi connectivity index (χ2v) is 5.71. The number of anilines is 1. The molecule has 0 aliphatic rings. The normalized spacial score (nSPS) is 11.1. The number of hydrogen-bond donors (Lipinski definition) is 1. The molecule has 98 valence electrons. The third-order valence-electron chi connectivity index (χ3n) is 3.14. The van der Waals surface area contributed by atoms with Crippen LogP contribution in [0.25, 0.3) is 11.0 Å². The van der Waals surface area contributed by atoms with E-state index in [4.69, 9.17) is 0 Å². The van der Waals surface area contributed by atoms with Gasteiger partial charge in [0.05, 0.1) is 18.4 Å². The fourth-order valence-electron chi connectivity index (χ4n) is 2.07. The van der Waals surface area contributed by atoms with Gasteiger partial charge in [0.15, 0.2) is 5.82 Å². The summed E-state index contributed by atoms with van der Waals surface area (Å²) >= 11 is 1.85. The van der Waals surface area contributed by atoms with Crippen molar-refractivity contribution in [2.45, 2.75) is 19.9 Å². The molecule has 5 heteroatoms. The lowest BCUT2D eigenvalue weighted by Crippen LogP contribution is -2.00. The molecule has 0 bridgehead atoms. The molecule has 0 saturated heterocycles. The number of aryl methyl sites for hydroxylation is 2. The Morgan fingerprint density at radius 3 is 2.84 bits per heavy atom. The summed E-state index contributed by atoms with van der Waals surface area (Å²) in [5.74, 6) is 0.851. The summed E-state index contributed by atoms with van der Waals surface area (Å²) in [6.45, 7) is 2.98. The minimum Gasteiger partial charge on any atom is -0.363 e. The van der Waals surface area contributed by atoms with Crippen LogP contribution in [0.3, 0.4) is 0 Å². The van der Waals surface area contributed by atoms with Gasteiger partial charge < -0.3 is 9.88 Å². The Morgan fingerprint density at radius 2 is 2.05 bits per heavy atom. The Balaban J connectivity index is 1.81. The quantitative estimate of drug-likeness (QED) is 0.793. The molecule has 0 saturated carbocycles. The predicted octanol–water partition coefficient (Wildman–Crippen LogP) is 3.20. The highest BCUT2D eigenvalue weighted by molar-refractivity contribution is 7.12. The Kier molecular flexibility index (Phi) is 3.21. The van der Waals surface area contributed by atoms with E-state index >= 15 is 0 Å². The molecule has 3 aromatic rings. The number of aromatic nitrogens is 3. The van der Waals surface area contributed by atoms with Gasteiger partial charge in [-0.25, -0.2) is 9.97 Å². The van der Waals surface area contributed by atoms with E-state index < -0.39 is 0 Å². The highest BCUT2D eigenvalue weighted by Gasteiger charge is 2.07. The summed E-state index contributed by atoms with van der Waals surface area (Å²) in [5.41, 5.74) is 2.02. The third kappa shape index (κ3) is 2.33. The molecule has 3 aromatic heterocycles. The molecule has 0 aliphatic heterocycles. The van der Waals surface area contributed by atoms with Crippen molar-refractivity contribution in [2.24, 2.45) is 7.05 Å². The number of imidazole rings is 1. The number of rotatable bonds is 4. The molecule has 0 radical (unpaired) electrons. The molecule has 3 heterocycles. The van der Waals surface area contributed by atoms with Crippen LogP contribution in [0, 0.1) is 0 Å². The Bertz CT molecular complexity index is 698. The maximum Gasteiger partial charge on any atom is 0.154 e. The highest BCUT2D eigenvalue weighted by Crippen LogP contribution is 2.21. The first-order chi connectivity index (χ1) is 9.28. The summed E-state index contributed by atoms with van der Waals surface area (Å²) in [4.78, 5) is 11.5. The van der Waals surface area contributed by atoms with Crippen molar-refractivity contribution in [1.82, 2.24) is 14.5 Å².